The number of piperidine rings is 1. The number of halogens is 2. The van der Waals surface area contributed by atoms with E-state index in [9.17, 15) is 13.6 Å². The molecule has 1 aliphatic heterocycles. The lowest BCUT2D eigenvalue weighted by atomic mass is 9.89. The van der Waals surface area contributed by atoms with Crippen LogP contribution in [0.25, 0.3) is 0 Å². The number of carbonyl (C=O) groups excluding carboxylic acids is 1. The van der Waals surface area contributed by atoms with E-state index in [2.05, 4.69) is 10.6 Å². The molecule has 4 nitrogen and oxygen atoms in total. The Morgan fingerprint density at radius 2 is 1.88 bits per heavy atom. The number of ether oxygens (including phenoxy) is 1. The molecule has 1 saturated heterocycles. The molecule has 1 fully saturated rings. The van der Waals surface area contributed by atoms with Crippen molar-refractivity contribution in [2.75, 3.05) is 13.1 Å². The van der Waals surface area contributed by atoms with Crippen LogP contribution in [-0.4, -0.2) is 36.7 Å². The number of rotatable bonds is 2. The quantitative estimate of drug-likeness (QED) is 0.787. The van der Waals surface area contributed by atoms with Crippen LogP contribution in [-0.2, 0) is 4.74 Å². The summed E-state index contributed by atoms with van der Waals surface area (Å²) in [6.07, 6.45) is -2.94. The van der Waals surface area contributed by atoms with Crippen molar-refractivity contribution in [3.63, 3.8) is 0 Å². The van der Waals surface area contributed by atoms with Gasteiger partial charge in [-0.1, -0.05) is 0 Å². The van der Waals surface area contributed by atoms with Crippen LogP contribution in [0.2, 0.25) is 0 Å². The summed E-state index contributed by atoms with van der Waals surface area (Å²) in [5.74, 6) is 0. The average Bonchev–Trinajstić information content (AvgIpc) is 2.15. The van der Waals surface area contributed by atoms with Gasteiger partial charge in [0.15, 0.2) is 0 Å². The molecular weight excluding hydrogens is 230 g/mol. The van der Waals surface area contributed by atoms with Crippen molar-refractivity contribution >= 4 is 6.09 Å². The van der Waals surface area contributed by atoms with E-state index in [4.69, 9.17) is 4.74 Å². The highest BCUT2D eigenvalue weighted by atomic mass is 19.3. The van der Waals surface area contributed by atoms with E-state index in [0.29, 0.717) is 13.1 Å². The van der Waals surface area contributed by atoms with E-state index >= 15 is 0 Å². The zero-order valence-corrected chi connectivity index (χ0v) is 10.5. The van der Waals surface area contributed by atoms with Gasteiger partial charge < -0.3 is 15.4 Å². The summed E-state index contributed by atoms with van der Waals surface area (Å²) < 4.78 is 31.2. The Morgan fingerprint density at radius 1 is 1.35 bits per heavy atom. The van der Waals surface area contributed by atoms with Gasteiger partial charge in [-0.15, -0.1) is 0 Å². The third kappa shape index (κ3) is 4.11. The van der Waals surface area contributed by atoms with Crippen molar-refractivity contribution < 1.29 is 18.3 Å². The molecule has 100 valence electrons. The SMILES string of the molecule is CC(C)(C)OC(=O)NC1(C(F)F)CCNCC1. The molecule has 0 aromatic carbocycles. The zero-order valence-electron chi connectivity index (χ0n) is 10.5. The molecule has 1 aliphatic rings. The largest absolute Gasteiger partial charge is 0.444 e. The normalized spacial score (nSPS) is 20.1. The summed E-state index contributed by atoms with van der Waals surface area (Å²) >= 11 is 0. The van der Waals surface area contributed by atoms with Gasteiger partial charge in [0.1, 0.15) is 11.1 Å². The number of alkyl halides is 2. The van der Waals surface area contributed by atoms with Crippen molar-refractivity contribution in [3.8, 4) is 0 Å². The van der Waals surface area contributed by atoms with Crippen molar-refractivity contribution in [1.82, 2.24) is 10.6 Å². The van der Waals surface area contributed by atoms with Crippen LogP contribution in [0, 0.1) is 0 Å². The molecule has 0 atom stereocenters. The van der Waals surface area contributed by atoms with Gasteiger partial charge in [0.05, 0.1) is 0 Å². The topological polar surface area (TPSA) is 50.4 Å². The maximum Gasteiger partial charge on any atom is 0.408 e. The van der Waals surface area contributed by atoms with Gasteiger partial charge in [0, 0.05) is 0 Å². The summed E-state index contributed by atoms with van der Waals surface area (Å²) in [6.45, 7) is 6.04. The van der Waals surface area contributed by atoms with E-state index in [-0.39, 0.29) is 12.8 Å². The minimum atomic E-state index is -2.59. The molecule has 2 N–H and O–H groups in total. The molecule has 6 heteroatoms. The highest BCUT2D eigenvalue weighted by Gasteiger charge is 2.43. The first-order valence-corrected chi connectivity index (χ1v) is 5.75. The van der Waals surface area contributed by atoms with E-state index in [1.807, 2.05) is 0 Å². The van der Waals surface area contributed by atoms with Crippen LogP contribution in [0.15, 0.2) is 0 Å². The Balaban J connectivity index is 2.64. The van der Waals surface area contributed by atoms with Gasteiger partial charge in [0.2, 0.25) is 0 Å². The van der Waals surface area contributed by atoms with Crippen LogP contribution in [0.1, 0.15) is 33.6 Å². The summed E-state index contributed by atoms with van der Waals surface area (Å²) in [5.41, 5.74) is -2.13. The minimum Gasteiger partial charge on any atom is -0.444 e. The van der Waals surface area contributed by atoms with Gasteiger partial charge in [-0.2, -0.15) is 0 Å². The predicted octanol–water partition coefficient (Wildman–Crippen LogP) is 1.90. The standard InChI is InChI=1S/C11H20F2N2O2/c1-10(2,3)17-9(16)15-11(8(12)13)4-6-14-7-5-11/h8,14H,4-7H2,1-3H3,(H,15,16). The monoisotopic (exact) mass is 250 g/mol. The van der Waals surface area contributed by atoms with Crippen LogP contribution in [0.4, 0.5) is 13.6 Å². The second kappa shape index (κ2) is 5.16. The number of nitrogens with one attached hydrogen (secondary N) is 2. The Labute approximate surface area is 100 Å². The lowest BCUT2D eigenvalue weighted by molar-refractivity contribution is -0.00574. The highest BCUT2D eigenvalue weighted by molar-refractivity contribution is 5.69. The van der Waals surface area contributed by atoms with E-state index in [1.165, 1.54) is 0 Å². The molecule has 1 rings (SSSR count). The maximum absolute atomic E-state index is 13.1. The third-order valence-electron chi connectivity index (χ3n) is 2.66. The fraction of sp³-hybridized carbons (Fsp3) is 0.909. The fourth-order valence-corrected chi connectivity index (χ4v) is 1.78. The maximum atomic E-state index is 13.1. The third-order valence-corrected chi connectivity index (χ3v) is 2.66. The molecule has 0 aromatic rings. The van der Waals surface area contributed by atoms with Crippen LogP contribution in [0.3, 0.4) is 0 Å². The first-order valence-electron chi connectivity index (χ1n) is 5.75. The molecule has 0 aromatic heterocycles. The van der Waals surface area contributed by atoms with E-state index in [0.717, 1.165) is 0 Å². The van der Waals surface area contributed by atoms with Crippen molar-refractivity contribution in [3.05, 3.63) is 0 Å². The molecule has 0 aliphatic carbocycles. The van der Waals surface area contributed by atoms with Crippen LogP contribution < -0.4 is 10.6 Å². The molecule has 0 spiro atoms. The second-order valence-electron chi connectivity index (χ2n) is 5.33. The molecule has 0 unspecified atom stereocenters. The average molecular weight is 250 g/mol. The zero-order chi connectivity index (χ0) is 13.1. The number of hydrogen-bond acceptors (Lipinski definition) is 3. The first-order chi connectivity index (χ1) is 7.75. The smallest absolute Gasteiger partial charge is 0.408 e. The molecule has 0 bridgehead atoms. The van der Waals surface area contributed by atoms with Gasteiger partial charge in [-0.25, -0.2) is 13.6 Å². The molecule has 0 saturated carbocycles. The van der Waals surface area contributed by atoms with Crippen molar-refractivity contribution in [1.29, 1.82) is 0 Å². The number of alkyl carbamates (subject to hydrolysis) is 1. The Bertz CT molecular complexity index is 271. The number of carbonyl (C=O) groups is 1. The van der Waals surface area contributed by atoms with Gasteiger partial charge in [-0.05, 0) is 46.7 Å². The lowest BCUT2D eigenvalue weighted by Crippen LogP contribution is -2.59. The van der Waals surface area contributed by atoms with E-state index in [1.54, 1.807) is 20.8 Å². The molecule has 17 heavy (non-hydrogen) atoms. The summed E-state index contributed by atoms with van der Waals surface area (Å²) in [7, 11) is 0. The van der Waals surface area contributed by atoms with Gasteiger partial charge in [-0.3, -0.25) is 0 Å². The highest BCUT2D eigenvalue weighted by Crippen LogP contribution is 2.26. The van der Waals surface area contributed by atoms with Crippen LogP contribution >= 0.6 is 0 Å². The van der Waals surface area contributed by atoms with Crippen molar-refractivity contribution in [2.45, 2.75) is 51.2 Å². The Hall–Kier alpha value is -0.910. The molecule has 0 radical (unpaired) electrons. The van der Waals surface area contributed by atoms with E-state index < -0.39 is 23.7 Å². The summed E-state index contributed by atoms with van der Waals surface area (Å²) in [5, 5.41) is 5.33. The number of amides is 1. The molecule has 1 heterocycles. The van der Waals surface area contributed by atoms with Gasteiger partial charge >= 0.3 is 6.09 Å². The summed E-state index contributed by atoms with van der Waals surface area (Å²) in [4.78, 5) is 11.5. The van der Waals surface area contributed by atoms with Gasteiger partial charge in [0.25, 0.3) is 6.43 Å². The Morgan fingerprint density at radius 3 is 2.29 bits per heavy atom. The first kappa shape index (κ1) is 14.2. The second-order valence-corrected chi connectivity index (χ2v) is 5.33. The van der Waals surface area contributed by atoms with Crippen LogP contribution in [0.5, 0.6) is 0 Å². The summed E-state index contributed by atoms with van der Waals surface area (Å²) in [6, 6.07) is 0. The fourth-order valence-electron chi connectivity index (χ4n) is 1.78. The lowest BCUT2D eigenvalue weighted by Gasteiger charge is -2.37. The molecular formula is C11H20F2N2O2. The predicted molar refractivity (Wildman–Crippen MR) is 60.2 cm³/mol. The Kier molecular flexibility index (Phi) is 4.30. The minimum absolute atomic E-state index is 0.212. The molecule has 1 amide bonds. The van der Waals surface area contributed by atoms with Crippen molar-refractivity contribution in [2.24, 2.45) is 0 Å². The number of hydrogen-bond donors (Lipinski definition) is 2.